The van der Waals surface area contributed by atoms with E-state index in [1.54, 1.807) is 4.90 Å². The summed E-state index contributed by atoms with van der Waals surface area (Å²) in [4.78, 5) is 33.8. The molecule has 10 heteroatoms. The van der Waals surface area contributed by atoms with Crippen molar-refractivity contribution >= 4 is 11.7 Å². The molecule has 0 aromatic carbocycles. The van der Waals surface area contributed by atoms with Gasteiger partial charge in [-0.3, -0.25) is 25.1 Å². The molecule has 10 nitrogen and oxygen atoms in total. The fraction of sp³-hybridized carbons (Fsp3) is 0.848. The van der Waals surface area contributed by atoms with Crippen LogP contribution in [-0.2, 0) is 19.1 Å². The average molecular weight is 597 g/mol. The molecule has 3 saturated heterocycles. The van der Waals surface area contributed by atoms with Crippen LogP contribution < -0.4 is 10.6 Å². The third-order valence-corrected chi connectivity index (χ3v) is 12.1. The summed E-state index contributed by atoms with van der Waals surface area (Å²) in [5.74, 6) is 1.51. The fourth-order valence-electron chi connectivity index (χ4n) is 9.75. The predicted molar refractivity (Wildman–Crippen MR) is 162 cm³/mol. The number of ketones is 1. The molecule has 0 aromatic rings. The summed E-state index contributed by atoms with van der Waals surface area (Å²) < 4.78 is 12.4. The van der Waals surface area contributed by atoms with Crippen LogP contribution in [-0.4, -0.2) is 110 Å². The van der Waals surface area contributed by atoms with Crippen molar-refractivity contribution in [3.63, 3.8) is 0 Å². The van der Waals surface area contributed by atoms with E-state index >= 15 is 0 Å². The first-order chi connectivity index (χ1) is 20.9. The third kappa shape index (κ3) is 6.06. The number of rotatable bonds is 7. The van der Waals surface area contributed by atoms with Crippen LogP contribution in [0.25, 0.3) is 0 Å². The highest BCUT2D eigenvalue weighted by Crippen LogP contribution is 2.54. The molecule has 6 fully saturated rings. The topological polar surface area (TPSA) is 110 Å². The number of carbonyl (C=O) groups is 2. The molecule has 3 aliphatic heterocycles. The number of likely N-dealkylation sites (N-methyl/N-ethyl adjacent to an activating group) is 1. The molecule has 10 atom stereocenters. The molecule has 43 heavy (non-hydrogen) atoms. The van der Waals surface area contributed by atoms with Crippen molar-refractivity contribution in [2.75, 3.05) is 46.9 Å². The van der Waals surface area contributed by atoms with E-state index in [1.165, 1.54) is 25.3 Å². The lowest BCUT2D eigenvalue weighted by molar-refractivity contribution is -0.159. The van der Waals surface area contributed by atoms with E-state index in [0.29, 0.717) is 56.0 Å². The van der Waals surface area contributed by atoms with Crippen molar-refractivity contribution in [2.45, 2.75) is 107 Å². The van der Waals surface area contributed by atoms with Crippen molar-refractivity contribution in [3.8, 4) is 6.07 Å². The van der Waals surface area contributed by atoms with Gasteiger partial charge in [0.25, 0.3) is 0 Å². The smallest absolute Gasteiger partial charge is 0.246 e. The van der Waals surface area contributed by atoms with Gasteiger partial charge in [-0.25, -0.2) is 0 Å². The Balaban J connectivity index is 1.22. The van der Waals surface area contributed by atoms with Crippen molar-refractivity contribution in [2.24, 2.45) is 23.2 Å². The standard InChI is InChI=1S/C33H52N6O4/c1-4-28(40)39-18-17-38(20-23(39)12-15-34)31-26-11-14-33(13-10-25-22(19-33)7-5-9-27(25)42-3)30(41)29(26)35-32(36-31)43-21-24-8-6-16-37(24)2/h4,22-27,29,31-32,35-36H,1,5-14,16-21H2,2-3H3/t22?,23?,24?,25?,26?,27?,29?,31?,32?,33-/m0/s1. The molecule has 6 rings (SSSR count). The SMILES string of the molecule is C=CC(=O)N1CCN(C2NC(OCC3CCCN3C)NC3C(=O)[C@@]4(CCC5C(CCCC5OC)C4)CCC32)CC1CC#N. The highest BCUT2D eigenvalue weighted by Gasteiger charge is 2.57. The van der Waals surface area contributed by atoms with E-state index in [-0.39, 0.29) is 41.9 Å². The molecule has 9 unspecified atom stereocenters. The molecule has 0 bridgehead atoms. The van der Waals surface area contributed by atoms with E-state index < -0.39 is 6.35 Å². The molecular formula is C33H52N6O4. The number of nitrogens with zero attached hydrogens (tertiary/aromatic N) is 4. The summed E-state index contributed by atoms with van der Waals surface area (Å²) in [7, 11) is 4.01. The lowest BCUT2D eigenvalue weighted by atomic mass is 9.53. The number of fused-ring (bicyclic) bond motifs is 2. The number of amides is 1. The third-order valence-electron chi connectivity index (χ3n) is 12.1. The van der Waals surface area contributed by atoms with Gasteiger partial charge < -0.3 is 19.3 Å². The van der Waals surface area contributed by atoms with Crippen molar-refractivity contribution in [3.05, 3.63) is 12.7 Å². The number of Topliss-reactive ketones (excluding diaryl/α,β-unsaturated/α-hetero) is 1. The fourth-order valence-corrected chi connectivity index (χ4v) is 9.75. The molecule has 238 valence electrons. The average Bonchev–Trinajstić information content (AvgIpc) is 3.45. The van der Waals surface area contributed by atoms with E-state index in [0.717, 1.165) is 51.5 Å². The number of nitriles is 1. The lowest BCUT2D eigenvalue weighted by Gasteiger charge is -2.57. The van der Waals surface area contributed by atoms with Crippen LogP contribution in [0.1, 0.15) is 70.6 Å². The second-order valence-corrected chi connectivity index (χ2v) is 14.2. The van der Waals surface area contributed by atoms with Gasteiger partial charge in [-0.05, 0) is 89.3 Å². The largest absolute Gasteiger partial charge is 0.381 e. The number of carbonyl (C=O) groups excluding carboxylic acids is 2. The van der Waals surface area contributed by atoms with E-state index in [1.807, 2.05) is 7.11 Å². The maximum atomic E-state index is 14.7. The monoisotopic (exact) mass is 596 g/mol. The minimum atomic E-state index is -0.425. The number of nitrogens with one attached hydrogen (secondary N) is 2. The van der Waals surface area contributed by atoms with Crippen molar-refractivity contribution in [1.29, 1.82) is 5.26 Å². The first-order valence-electron chi connectivity index (χ1n) is 16.8. The minimum Gasteiger partial charge on any atom is -0.381 e. The molecule has 1 spiro atoms. The molecule has 6 aliphatic rings. The summed E-state index contributed by atoms with van der Waals surface area (Å²) in [6, 6.07) is 2.20. The maximum Gasteiger partial charge on any atom is 0.246 e. The highest BCUT2D eigenvalue weighted by molar-refractivity contribution is 5.91. The van der Waals surface area contributed by atoms with Crippen LogP contribution >= 0.6 is 0 Å². The highest BCUT2D eigenvalue weighted by atomic mass is 16.5. The summed E-state index contributed by atoms with van der Waals surface area (Å²) >= 11 is 0. The summed E-state index contributed by atoms with van der Waals surface area (Å²) in [6.07, 6.45) is 12.3. The number of piperazine rings is 1. The van der Waals surface area contributed by atoms with E-state index in [2.05, 4.69) is 40.1 Å². The number of ether oxygens (including phenoxy) is 2. The number of hydrogen-bond acceptors (Lipinski definition) is 9. The second kappa shape index (κ2) is 13.2. The van der Waals surface area contributed by atoms with Crippen LogP contribution in [0.15, 0.2) is 12.7 Å². The molecular weight excluding hydrogens is 544 g/mol. The zero-order chi connectivity index (χ0) is 30.1. The second-order valence-electron chi connectivity index (χ2n) is 14.2. The van der Waals surface area contributed by atoms with Gasteiger partial charge in [0.15, 0.2) is 12.1 Å². The molecule has 3 aliphatic carbocycles. The number of likely N-dealkylation sites (tertiary alicyclic amines) is 1. The van der Waals surface area contributed by atoms with Crippen LogP contribution in [0.4, 0.5) is 0 Å². The van der Waals surface area contributed by atoms with Gasteiger partial charge >= 0.3 is 0 Å². The van der Waals surface area contributed by atoms with Gasteiger partial charge in [0, 0.05) is 44.1 Å². The van der Waals surface area contributed by atoms with Crippen molar-refractivity contribution < 1.29 is 19.1 Å². The zero-order valence-corrected chi connectivity index (χ0v) is 26.2. The quantitative estimate of drug-likeness (QED) is 0.429. The first-order valence-corrected chi connectivity index (χ1v) is 16.8. The molecule has 3 saturated carbocycles. The lowest BCUT2D eigenvalue weighted by Crippen LogP contribution is -2.74. The number of hydrogen-bond donors (Lipinski definition) is 2. The van der Waals surface area contributed by atoms with Crippen LogP contribution in [0, 0.1) is 34.5 Å². The van der Waals surface area contributed by atoms with Gasteiger partial charge in [-0.15, -0.1) is 0 Å². The van der Waals surface area contributed by atoms with E-state index in [9.17, 15) is 14.9 Å². The Morgan fingerprint density at radius 3 is 2.63 bits per heavy atom. The van der Waals surface area contributed by atoms with E-state index in [4.69, 9.17) is 9.47 Å². The molecule has 1 amide bonds. The van der Waals surface area contributed by atoms with Crippen LogP contribution in [0.3, 0.4) is 0 Å². The van der Waals surface area contributed by atoms with Crippen molar-refractivity contribution in [1.82, 2.24) is 25.3 Å². The normalized spacial score (nSPS) is 42.3. The Labute approximate surface area is 257 Å². The Morgan fingerprint density at radius 2 is 1.91 bits per heavy atom. The Kier molecular flexibility index (Phi) is 9.58. The minimum absolute atomic E-state index is 0.0649. The van der Waals surface area contributed by atoms with Gasteiger partial charge in [-0.2, -0.15) is 5.26 Å². The maximum absolute atomic E-state index is 14.7. The Bertz CT molecular complexity index is 1080. The molecule has 3 heterocycles. The molecule has 2 N–H and O–H groups in total. The summed E-state index contributed by atoms with van der Waals surface area (Å²) in [5, 5.41) is 17.0. The molecule has 0 aromatic heterocycles. The van der Waals surface area contributed by atoms with Gasteiger partial charge in [0.2, 0.25) is 5.91 Å². The number of methoxy groups -OCH3 is 1. The Hall–Kier alpha value is -1.87. The zero-order valence-electron chi connectivity index (χ0n) is 26.2. The van der Waals surface area contributed by atoms with Gasteiger partial charge in [0.1, 0.15) is 0 Å². The Morgan fingerprint density at radius 1 is 1.09 bits per heavy atom. The first kappa shape index (κ1) is 31.1. The summed E-state index contributed by atoms with van der Waals surface area (Å²) in [6.45, 7) is 7.20. The summed E-state index contributed by atoms with van der Waals surface area (Å²) in [5.41, 5.74) is -0.262. The van der Waals surface area contributed by atoms with Crippen LogP contribution in [0.5, 0.6) is 0 Å². The predicted octanol–water partition coefficient (Wildman–Crippen LogP) is 2.46. The van der Waals surface area contributed by atoms with Gasteiger partial charge in [0.05, 0.1) is 43.5 Å². The van der Waals surface area contributed by atoms with Crippen LogP contribution in [0.2, 0.25) is 0 Å². The molecule has 0 radical (unpaired) electrons. The van der Waals surface area contributed by atoms with Gasteiger partial charge in [-0.1, -0.05) is 13.0 Å².